The Morgan fingerprint density at radius 1 is 1.47 bits per heavy atom. The molecule has 4 heteroatoms. The van der Waals surface area contributed by atoms with Crippen LogP contribution in [0.5, 0.6) is 0 Å². The fourth-order valence-electron chi connectivity index (χ4n) is 1.97. The highest BCUT2D eigenvalue weighted by Gasteiger charge is 2.60. The molecule has 0 spiro atoms. The van der Waals surface area contributed by atoms with E-state index in [-0.39, 0.29) is 17.3 Å². The van der Waals surface area contributed by atoms with E-state index in [0.29, 0.717) is 12.2 Å². The highest BCUT2D eigenvalue weighted by Crippen LogP contribution is 2.58. The molecule has 0 aromatic rings. The van der Waals surface area contributed by atoms with E-state index in [1.807, 2.05) is 13.8 Å². The van der Waals surface area contributed by atoms with Gasteiger partial charge in [0.15, 0.2) is 0 Å². The second kappa shape index (κ2) is 4.76. The molecule has 17 heavy (non-hydrogen) atoms. The zero-order valence-electron chi connectivity index (χ0n) is 10.6. The maximum absolute atomic E-state index is 11.3. The van der Waals surface area contributed by atoms with Crippen molar-refractivity contribution in [2.45, 2.75) is 27.7 Å². The van der Waals surface area contributed by atoms with Gasteiger partial charge in [0.2, 0.25) is 0 Å². The predicted octanol–water partition coefficient (Wildman–Crippen LogP) is 2.01. The summed E-state index contributed by atoms with van der Waals surface area (Å²) >= 11 is 0. The maximum atomic E-state index is 11.3. The second-order valence-corrected chi connectivity index (χ2v) is 4.82. The summed E-state index contributed by atoms with van der Waals surface area (Å²) in [6, 6.07) is 0. The molecule has 0 aromatic heterocycles. The van der Waals surface area contributed by atoms with Crippen LogP contribution >= 0.6 is 0 Å². The first-order valence-electron chi connectivity index (χ1n) is 5.65. The Kier molecular flexibility index (Phi) is 3.79. The van der Waals surface area contributed by atoms with Crippen molar-refractivity contribution in [1.29, 1.82) is 0 Å². The number of hydrogen-bond donors (Lipinski definition) is 1. The molecular weight excluding hydrogens is 220 g/mol. The monoisotopic (exact) mass is 238 g/mol. The molecular formula is C13H18O4. The average molecular weight is 238 g/mol. The molecule has 1 rings (SSSR count). The van der Waals surface area contributed by atoms with Gasteiger partial charge in [-0.15, -0.1) is 5.73 Å². The van der Waals surface area contributed by atoms with E-state index in [4.69, 9.17) is 9.84 Å². The Morgan fingerprint density at radius 2 is 2.06 bits per heavy atom. The van der Waals surface area contributed by atoms with E-state index in [9.17, 15) is 9.59 Å². The van der Waals surface area contributed by atoms with Crippen molar-refractivity contribution in [2.75, 3.05) is 6.61 Å². The van der Waals surface area contributed by atoms with Crippen molar-refractivity contribution >= 4 is 11.9 Å². The van der Waals surface area contributed by atoms with Crippen LogP contribution in [-0.4, -0.2) is 23.7 Å². The number of carbonyl (C=O) groups is 2. The summed E-state index contributed by atoms with van der Waals surface area (Å²) in [6.07, 6.45) is 1.67. The van der Waals surface area contributed by atoms with Crippen molar-refractivity contribution in [3.63, 3.8) is 0 Å². The van der Waals surface area contributed by atoms with Gasteiger partial charge in [-0.25, -0.2) is 4.79 Å². The van der Waals surface area contributed by atoms with Crippen molar-refractivity contribution in [3.05, 3.63) is 17.4 Å². The first kappa shape index (κ1) is 13.5. The van der Waals surface area contributed by atoms with Gasteiger partial charge >= 0.3 is 11.9 Å². The fourth-order valence-corrected chi connectivity index (χ4v) is 1.97. The van der Waals surface area contributed by atoms with Gasteiger partial charge in [0, 0.05) is 5.92 Å². The summed E-state index contributed by atoms with van der Waals surface area (Å²) in [5.41, 5.74) is 2.94. The lowest BCUT2D eigenvalue weighted by atomic mass is 10.1. The van der Waals surface area contributed by atoms with E-state index in [1.54, 1.807) is 19.9 Å². The number of carboxylic acids is 1. The zero-order chi connectivity index (χ0) is 13.2. The zero-order valence-corrected chi connectivity index (χ0v) is 10.6. The minimum absolute atomic E-state index is 0.0654. The number of carboxylic acid groups (broad SMARTS) is 1. The molecule has 4 nitrogen and oxygen atoms in total. The normalized spacial score (nSPS) is 24.5. The molecule has 0 aliphatic heterocycles. The van der Waals surface area contributed by atoms with Crippen LogP contribution < -0.4 is 0 Å². The third-order valence-corrected chi connectivity index (χ3v) is 3.24. The van der Waals surface area contributed by atoms with Crippen LogP contribution in [-0.2, 0) is 14.3 Å². The molecule has 1 aliphatic carbocycles. The molecule has 2 atom stereocenters. The van der Waals surface area contributed by atoms with Crippen molar-refractivity contribution in [2.24, 2.45) is 17.3 Å². The van der Waals surface area contributed by atoms with Gasteiger partial charge in [-0.3, -0.25) is 4.79 Å². The minimum atomic E-state index is -0.799. The average Bonchev–Trinajstić information content (AvgIpc) is 2.77. The Morgan fingerprint density at radius 3 is 2.47 bits per heavy atom. The van der Waals surface area contributed by atoms with Crippen molar-refractivity contribution in [1.82, 2.24) is 0 Å². The first-order valence-corrected chi connectivity index (χ1v) is 5.65. The third-order valence-electron chi connectivity index (χ3n) is 3.24. The summed E-state index contributed by atoms with van der Waals surface area (Å²) in [7, 11) is 0. The standard InChI is InChI=1S/C13H18O4/c1-5-17-12(16)8(2)6-7-9-10(11(14)15)13(9,3)4/h7,9-10H,5H2,1-4H3,(H,14,15)/t6?,9-,10+/m0/s1. The van der Waals surface area contributed by atoms with Crippen LogP contribution in [0.15, 0.2) is 17.4 Å². The van der Waals surface area contributed by atoms with Gasteiger partial charge in [-0.1, -0.05) is 13.8 Å². The predicted molar refractivity (Wildman–Crippen MR) is 62.3 cm³/mol. The maximum Gasteiger partial charge on any atom is 0.341 e. The molecule has 1 N–H and O–H groups in total. The SMILES string of the molecule is CCOC(=O)C(C)=C=C[C@H]1[C@H](C(=O)O)C1(C)C. The summed E-state index contributed by atoms with van der Waals surface area (Å²) in [5.74, 6) is -1.66. The molecule has 1 fully saturated rings. The minimum Gasteiger partial charge on any atom is -0.481 e. The van der Waals surface area contributed by atoms with E-state index in [1.165, 1.54) is 0 Å². The highest BCUT2D eigenvalue weighted by atomic mass is 16.5. The van der Waals surface area contributed by atoms with E-state index < -0.39 is 11.9 Å². The van der Waals surface area contributed by atoms with Gasteiger partial charge in [-0.05, 0) is 25.3 Å². The van der Waals surface area contributed by atoms with Gasteiger partial charge in [0.25, 0.3) is 0 Å². The topological polar surface area (TPSA) is 63.6 Å². The van der Waals surface area contributed by atoms with Crippen LogP contribution in [0, 0.1) is 17.3 Å². The Bertz CT molecular complexity index is 400. The van der Waals surface area contributed by atoms with Gasteiger partial charge in [-0.2, -0.15) is 0 Å². The number of rotatable bonds is 4. The molecule has 1 aliphatic rings. The molecule has 1 saturated carbocycles. The van der Waals surface area contributed by atoms with Crippen LogP contribution in [0.4, 0.5) is 0 Å². The van der Waals surface area contributed by atoms with Crippen LogP contribution in [0.3, 0.4) is 0 Å². The summed E-state index contributed by atoms with van der Waals surface area (Å²) in [5, 5.41) is 8.97. The quantitative estimate of drug-likeness (QED) is 0.462. The first-order chi connectivity index (χ1) is 7.82. The van der Waals surface area contributed by atoms with Gasteiger partial charge in [0.1, 0.15) is 0 Å². The fraction of sp³-hybridized carbons (Fsp3) is 0.615. The van der Waals surface area contributed by atoms with E-state index in [0.717, 1.165) is 0 Å². The Balaban J connectivity index is 2.76. The lowest BCUT2D eigenvalue weighted by Crippen LogP contribution is -2.04. The number of aliphatic carboxylic acids is 1. The number of ether oxygens (including phenoxy) is 1. The summed E-state index contributed by atoms with van der Waals surface area (Å²) in [6.45, 7) is 7.46. The molecule has 0 bridgehead atoms. The van der Waals surface area contributed by atoms with Crippen LogP contribution in [0.1, 0.15) is 27.7 Å². The van der Waals surface area contributed by atoms with Gasteiger partial charge in [0.05, 0.1) is 18.1 Å². The molecule has 0 radical (unpaired) electrons. The molecule has 0 aromatic carbocycles. The molecule has 94 valence electrons. The lowest BCUT2D eigenvalue weighted by Gasteiger charge is -1.98. The molecule has 0 saturated heterocycles. The second-order valence-electron chi connectivity index (χ2n) is 4.82. The number of esters is 1. The summed E-state index contributed by atoms with van der Waals surface area (Å²) < 4.78 is 4.81. The number of hydrogen-bond acceptors (Lipinski definition) is 3. The van der Waals surface area contributed by atoms with Crippen LogP contribution in [0.25, 0.3) is 0 Å². The Hall–Kier alpha value is -1.54. The Labute approximate surface area is 101 Å². The summed E-state index contributed by atoms with van der Waals surface area (Å²) in [4.78, 5) is 22.2. The molecule has 0 unspecified atom stereocenters. The third kappa shape index (κ3) is 2.77. The lowest BCUT2D eigenvalue weighted by molar-refractivity contribution is -0.140. The van der Waals surface area contributed by atoms with Gasteiger partial charge < -0.3 is 9.84 Å². The van der Waals surface area contributed by atoms with Crippen LogP contribution in [0.2, 0.25) is 0 Å². The smallest absolute Gasteiger partial charge is 0.341 e. The largest absolute Gasteiger partial charge is 0.481 e. The number of carbonyl (C=O) groups excluding carboxylic acids is 1. The molecule has 0 amide bonds. The van der Waals surface area contributed by atoms with E-state index >= 15 is 0 Å². The molecule has 0 heterocycles. The van der Waals surface area contributed by atoms with Crippen molar-refractivity contribution < 1.29 is 19.4 Å². The van der Waals surface area contributed by atoms with E-state index in [2.05, 4.69) is 5.73 Å². The highest BCUT2D eigenvalue weighted by molar-refractivity contribution is 5.87. The van der Waals surface area contributed by atoms with Crippen molar-refractivity contribution in [3.8, 4) is 0 Å².